The van der Waals surface area contributed by atoms with Crippen molar-refractivity contribution in [2.45, 2.75) is 33.4 Å². The lowest BCUT2D eigenvalue weighted by Gasteiger charge is -2.14. The molecule has 3 aromatic rings. The summed E-state index contributed by atoms with van der Waals surface area (Å²) in [4.78, 5) is 13.2. The van der Waals surface area contributed by atoms with E-state index in [0.29, 0.717) is 19.0 Å². The van der Waals surface area contributed by atoms with Crippen LogP contribution in [0.3, 0.4) is 0 Å². The molecule has 0 aliphatic heterocycles. The Labute approximate surface area is 189 Å². The van der Waals surface area contributed by atoms with E-state index in [4.69, 9.17) is 4.74 Å². The fraction of sp³-hybridized carbons (Fsp3) is 0.381. The van der Waals surface area contributed by atoms with Gasteiger partial charge in [-0.1, -0.05) is 18.2 Å². The van der Waals surface area contributed by atoms with Crippen molar-refractivity contribution >= 4 is 41.0 Å². The van der Waals surface area contributed by atoms with Gasteiger partial charge in [0, 0.05) is 38.4 Å². The summed E-state index contributed by atoms with van der Waals surface area (Å²) < 4.78 is 7.83. The van der Waals surface area contributed by atoms with Gasteiger partial charge in [0.25, 0.3) is 0 Å². The lowest BCUT2D eigenvalue weighted by atomic mass is 10.2. The predicted octanol–water partition coefficient (Wildman–Crippen LogP) is 3.51. The highest BCUT2D eigenvalue weighted by Gasteiger charge is 2.07. The van der Waals surface area contributed by atoms with E-state index >= 15 is 0 Å². The number of hydrogen-bond acceptors (Lipinski definition) is 4. The summed E-state index contributed by atoms with van der Waals surface area (Å²) in [5.41, 5.74) is 3.24. The van der Waals surface area contributed by atoms with E-state index in [1.807, 2.05) is 25.1 Å². The third kappa shape index (κ3) is 6.06. The molecule has 7 nitrogen and oxygen atoms in total. The van der Waals surface area contributed by atoms with Gasteiger partial charge in [-0.05, 0) is 38.5 Å². The zero-order valence-corrected chi connectivity index (χ0v) is 19.5. The first-order chi connectivity index (χ1) is 13.7. The van der Waals surface area contributed by atoms with E-state index in [1.54, 1.807) is 13.2 Å². The highest BCUT2D eigenvalue weighted by Crippen LogP contribution is 2.16. The molecule has 0 radical (unpaired) electrons. The summed E-state index contributed by atoms with van der Waals surface area (Å²) in [6.45, 7) is 6.94. The molecular formula is C21H29IN6O. The van der Waals surface area contributed by atoms with Crippen molar-refractivity contribution in [2.75, 3.05) is 20.2 Å². The molecule has 0 aliphatic rings. The van der Waals surface area contributed by atoms with Crippen molar-refractivity contribution in [3.8, 4) is 5.88 Å². The van der Waals surface area contributed by atoms with Gasteiger partial charge in [-0.25, -0.2) is 9.97 Å². The minimum Gasteiger partial charge on any atom is -0.478 e. The molecule has 2 heterocycles. The van der Waals surface area contributed by atoms with Crippen molar-refractivity contribution in [1.29, 1.82) is 0 Å². The number of imidazole rings is 1. The monoisotopic (exact) mass is 508 g/mol. The van der Waals surface area contributed by atoms with Crippen molar-refractivity contribution in [3.63, 3.8) is 0 Å². The molecule has 0 unspecified atom stereocenters. The lowest BCUT2D eigenvalue weighted by Crippen LogP contribution is -2.37. The third-order valence-electron chi connectivity index (χ3n) is 4.50. The van der Waals surface area contributed by atoms with E-state index in [-0.39, 0.29) is 24.0 Å². The standard InChI is InChI=1S/C21H28N6O.HI/c1-4-28-20-17(9-7-12-23-20)15-25-21(22-3)24-13-8-14-27-16(2)26-18-10-5-6-11-19(18)27;/h5-7,9-12H,4,8,13-15H2,1-3H3,(H2,22,24,25);1H. The molecule has 3 rings (SSSR count). The van der Waals surface area contributed by atoms with Crippen LogP contribution >= 0.6 is 24.0 Å². The number of aryl methyl sites for hydroxylation is 2. The number of rotatable bonds is 8. The lowest BCUT2D eigenvalue weighted by molar-refractivity contribution is 0.322. The highest BCUT2D eigenvalue weighted by atomic mass is 127. The van der Waals surface area contributed by atoms with Crippen molar-refractivity contribution in [3.05, 3.63) is 54.0 Å². The number of aliphatic imine (C=N–C) groups is 1. The van der Waals surface area contributed by atoms with Crippen LogP contribution in [0.1, 0.15) is 24.7 Å². The van der Waals surface area contributed by atoms with Crippen LogP contribution in [0.15, 0.2) is 47.6 Å². The number of ether oxygens (including phenoxy) is 1. The van der Waals surface area contributed by atoms with Crippen LogP contribution in [0.2, 0.25) is 0 Å². The Bertz CT molecular complexity index is 940. The van der Waals surface area contributed by atoms with Gasteiger partial charge in [0.05, 0.1) is 17.6 Å². The molecule has 0 amide bonds. The largest absolute Gasteiger partial charge is 0.478 e. The Kier molecular flexibility index (Phi) is 9.17. The quantitative estimate of drug-likeness (QED) is 0.211. The predicted molar refractivity (Wildman–Crippen MR) is 128 cm³/mol. The second-order valence-corrected chi connectivity index (χ2v) is 6.41. The van der Waals surface area contributed by atoms with E-state index in [2.05, 4.69) is 55.3 Å². The molecule has 0 fully saturated rings. The summed E-state index contributed by atoms with van der Waals surface area (Å²) in [6.07, 6.45) is 2.71. The number of aromatic nitrogens is 3. The van der Waals surface area contributed by atoms with E-state index in [0.717, 1.165) is 42.4 Å². The number of benzene rings is 1. The SMILES string of the molecule is CCOc1ncccc1CNC(=NC)NCCCn1c(C)nc2ccccc21.I. The first-order valence-electron chi connectivity index (χ1n) is 9.66. The average Bonchev–Trinajstić information content (AvgIpc) is 3.04. The van der Waals surface area contributed by atoms with Crippen molar-refractivity contribution in [1.82, 2.24) is 25.2 Å². The van der Waals surface area contributed by atoms with E-state index in [1.165, 1.54) is 5.52 Å². The van der Waals surface area contributed by atoms with Crippen LogP contribution in [0.5, 0.6) is 5.88 Å². The van der Waals surface area contributed by atoms with Gasteiger partial charge in [-0.2, -0.15) is 0 Å². The number of hydrogen-bond donors (Lipinski definition) is 2. The fourth-order valence-electron chi connectivity index (χ4n) is 3.15. The van der Waals surface area contributed by atoms with Crippen LogP contribution in [0.25, 0.3) is 11.0 Å². The van der Waals surface area contributed by atoms with Crippen LogP contribution < -0.4 is 15.4 Å². The summed E-state index contributed by atoms with van der Waals surface area (Å²) in [6, 6.07) is 12.2. The number of pyridine rings is 1. The van der Waals surface area contributed by atoms with Crippen LogP contribution in [0, 0.1) is 6.92 Å². The number of nitrogens with one attached hydrogen (secondary N) is 2. The zero-order chi connectivity index (χ0) is 19.8. The average molecular weight is 508 g/mol. The molecule has 156 valence electrons. The molecule has 8 heteroatoms. The molecule has 0 aliphatic carbocycles. The summed E-state index contributed by atoms with van der Waals surface area (Å²) in [7, 11) is 1.77. The Morgan fingerprint density at radius 3 is 2.79 bits per heavy atom. The molecule has 2 N–H and O–H groups in total. The van der Waals surface area contributed by atoms with Gasteiger partial charge in [0.1, 0.15) is 5.82 Å². The van der Waals surface area contributed by atoms with Crippen LogP contribution in [-0.2, 0) is 13.1 Å². The number of halogens is 1. The summed E-state index contributed by atoms with van der Waals surface area (Å²) in [5.74, 6) is 2.47. The first-order valence-corrected chi connectivity index (χ1v) is 9.66. The minimum absolute atomic E-state index is 0. The molecular weight excluding hydrogens is 479 g/mol. The van der Waals surface area contributed by atoms with Crippen LogP contribution in [-0.4, -0.2) is 40.7 Å². The number of nitrogens with zero attached hydrogens (tertiary/aromatic N) is 4. The summed E-state index contributed by atoms with van der Waals surface area (Å²) in [5, 5.41) is 6.68. The van der Waals surface area contributed by atoms with Crippen molar-refractivity contribution in [2.24, 2.45) is 4.99 Å². The second kappa shape index (κ2) is 11.6. The Balaban J connectivity index is 0.00000300. The maximum Gasteiger partial charge on any atom is 0.218 e. The third-order valence-corrected chi connectivity index (χ3v) is 4.50. The second-order valence-electron chi connectivity index (χ2n) is 6.41. The van der Waals surface area contributed by atoms with Gasteiger partial charge in [-0.3, -0.25) is 4.99 Å². The van der Waals surface area contributed by atoms with Gasteiger partial charge in [-0.15, -0.1) is 24.0 Å². The maximum atomic E-state index is 5.57. The summed E-state index contributed by atoms with van der Waals surface area (Å²) >= 11 is 0. The molecule has 0 spiro atoms. The van der Waals surface area contributed by atoms with Gasteiger partial charge < -0.3 is 19.9 Å². The molecule has 29 heavy (non-hydrogen) atoms. The minimum atomic E-state index is 0. The molecule has 0 saturated heterocycles. The van der Waals surface area contributed by atoms with Crippen molar-refractivity contribution < 1.29 is 4.74 Å². The Morgan fingerprint density at radius 2 is 2.00 bits per heavy atom. The molecule has 1 aromatic carbocycles. The smallest absolute Gasteiger partial charge is 0.218 e. The van der Waals surface area contributed by atoms with E-state index in [9.17, 15) is 0 Å². The fourth-order valence-corrected chi connectivity index (χ4v) is 3.15. The number of guanidine groups is 1. The zero-order valence-electron chi connectivity index (χ0n) is 17.2. The topological polar surface area (TPSA) is 76.4 Å². The Hall–Kier alpha value is -2.36. The number of fused-ring (bicyclic) bond motifs is 1. The van der Waals surface area contributed by atoms with E-state index < -0.39 is 0 Å². The first kappa shape index (κ1) is 22.9. The molecule has 0 saturated carbocycles. The number of para-hydroxylation sites is 2. The van der Waals surface area contributed by atoms with Gasteiger partial charge in [0.2, 0.25) is 5.88 Å². The molecule has 0 bridgehead atoms. The van der Waals surface area contributed by atoms with Crippen LogP contribution in [0.4, 0.5) is 0 Å². The molecule has 2 aromatic heterocycles. The maximum absolute atomic E-state index is 5.57. The normalized spacial score (nSPS) is 11.2. The molecule has 0 atom stereocenters. The highest BCUT2D eigenvalue weighted by molar-refractivity contribution is 14.0. The van der Waals surface area contributed by atoms with Gasteiger partial charge >= 0.3 is 0 Å². The van der Waals surface area contributed by atoms with Gasteiger partial charge in [0.15, 0.2) is 5.96 Å². The Morgan fingerprint density at radius 1 is 1.17 bits per heavy atom.